The maximum atomic E-state index is 6.47. The minimum absolute atomic E-state index is 0. The quantitative estimate of drug-likeness (QED) is 0.144. The van der Waals surface area contributed by atoms with E-state index in [4.69, 9.17) is 37.9 Å². The molecule has 56 heavy (non-hydrogen) atoms. The number of nitrogens with zero attached hydrogens (tertiary/aromatic N) is 2. The number of methoxy groups -OCH3 is 2. The van der Waals surface area contributed by atoms with E-state index in [1.807, 2.05) is 12.1 Å². The number of ether oxygens (including phenoxy) is 8. The number of aromatic nitrogens is 2. The Labute approximate surface area is 337 Å². The molecular formula is C44H42Cl2N2O8. The van der Waals surface area contributed by atoms with Gasteiger partial charge >= 0.3 is 0 Å². The monoisotopic (exact) mass is 796 g/mol. The Bertz CT molecular complexity index is 2300. The summed E-state index contributed by atoms with van der Waals surface area (Å²) in [7, 11) is 3.40. The number of unbranched alkanes of at least 4 members (excludes halogenated alkanes) is 3. The van der Waals surface area contributed by atoms with E-state index in [0.717, 1.165) is 119 Å². The lowest BCUT2D eigenvalue weighted by atomic mass is 9.95. The van der Waals surface area contributed by atoms with E-state index < -0.39 is 0 Å². The summed E-state index contributed by atoms with van der Waals surface area (Å²) in [5.41, 5.74) is 7.27. The fourth-order valence-corrected chi connectivity index (χ4v) is 8.32. The Morgan fingerprint density at radius 2 is 0.964 bits per heavy atom. The van der Waals surface area contributed by atoms with Crippen LogP contribution in [0, 0.1) is 0 Å². The molecule has 0 fully saturated rings. The Balaban J connectivity index is 0.00000220. The number of hydrogen-bond acceptors (Lipinski definition) is 8. The van der Waals surface area contributed by atoms with Crippen molar-refractivity contribution in [1.29, 1.82) is 0 Å². The van der Waals surface area contributed by atoms with Crippen molar-refractivity contribution in [3.63, 3.8) is 0 Å². The third-order valence-corrected chi connectivity index (χ3v) is 11.1. The molecule has 0 atom stereocenters. The number of hydrogen-bond donors (Lipinski definition) is 0. The second kappa shape index (κ2) is 15.7. The molecule has 0 amide bonds. The first-order valence-electron chi connectivity index (χ1n) is 18.8. The van der Waals surface area contributed by atoms with E-state index in [2.05, 4.69) is 70.1 Å². The third kappa shape index (κ3) is 6.58. The van der Waals surface area contributed by atoms with E-state index in [0.29, 0.717) is 13.2 Å². The van der Waals surface area contributed by atoms with Crippen molar-refractivity contribution in [2.75, 3.05) is 41.0 Å². The van der Waals surface area contributed by atoms with Crippen LogP contribution in [0.2, 0.25) is 0 Å². The number of aryl methyl sites for hydroxylation is 4. The van der Waals surface area contributed by atoms with E-state index >= 15 is 0 Å². The molecule has 6 heterocycles. The van der Waals surface area contributed by atoms with Gasteiger partial charge in [-0.15, -0.1) is 0 Å². The van der Waals surface area contributed by atoms with Gasteiger partial charge in [0.25, 0.3) is 0 Å². The largest absolute Gasteiger partial charge is 1.00 e. The highest BCUT2D eigenvalue weighted by atomic mass is 35.5. The predicted molar refractivity (Wildman–Crippen MR) is 201 cm³/mol. The first kappa shape index (κ1) is 37.6. The highest BCUT2D eigenvalue weighted by Gasteiger charge is 2.30. The lowest BCUT2D eigenvalue weighted by Crippen LogP contribution is -3.00. The molecule has 0 N–H and O–H groups in total. The number of halogens is 2. The lowest BCUT2D eigenvalue weighted by Gasteiger charge is -2.18. The van der Waals surface area contributed by atoms with E-state index in [9.17, 15) is 0 Å². The highest BCUT2D eigenvalue weighted by molar-refractivity contribution is 5.93. The Kier molecular flexibility index (Phi) is 10.5. The van der Waals surface area contributed by atoms with Crippen LogP contribution in [0.25, 0.3) is 44.1 Å². The van der Waals surface area contributed by atoms with Crippen LogP contribution in [0.15, 0.2) is 73.1 Å². The molecule has 4 aliphatic heterocycles. The maximum absolute atomic E-state index is 6.47. The van der Waals surface area contributed by atoms with Gasteiger partial charge in [0, 0.05) is 25.0 Å². The van der Waals surface area contributed by atoms with Crippen molar-refractivity contribution in [2.24, 2.45) is 0 Å². The van der Waals surface area contributed by atoms with Crippen LogP contribution in [0.1, 0.15) is 36.8 Å². The Morgan fingerprint density at radius 1 is 0.536 bits per heavy atom. The van der Waals surface area contributed by atoms with Gasteiger partial charge in [0.05, 0.1) is 49.3 Å². The van der Waals surface area contributed by atoms with Gasteiger partial charge in [-0.1, -0.05) is 0 Å². The molecule has 0 radical (unpaired) electrons. The molecule has 4 aliphatic rings. The van der Waals surface area contributed by atoms with E-state index in [1.165, 1.54) is 33.6 Å². The zero-order valence-corrected chi connectivity index (χ0v) is 32.8. The van der Waals surface area contributed by atoms with Crippen LogP contribution in [-0.4, -0.2) is 41.0 Å². The molecule has 0 saturated carbocycles. The van der Waals surface area contributed by atoms with Crippen LogP contribution in [0.5, 0.6) is 46.0 Å². The van der Waals surface area contributed by atoms with E-state index in [-0.39, 0.29) is 38.4 Å². The summed E-state index contributed by atoms with van der Waals surface area (Å²) in [6.45, 7) is 3.52. The molecule has 2 aromatic heterocycles. The number of fused-ring (bicyclic) bond motifs is 10. The predicted octanol–water partition coefficient (Wildman–Crippen LogP) is 1.52. The van der Waals surface area contributed by atoms with Crippen LogP contribution in [0.3, 0.4) is 0 Å². The van der Waals surface area contributed by atoms with E-state index in [1.54, 1.807) is 14.2 Å². The molecule has 0 spiro atoms. The van der Waals surface area contributed by atoms with Gasteiger partial charge < -0.3 is 62.7 Å². The molecule has 0 saturated heterocycles. The molecule has 12 heteroatoms. The summed E-state index contributed by atoms with van der Waals surface area (Å²) in [4.78, 5) is 0. The van der Waals surface area contributed by atoms with Crippen LogP contribution in [0.4, 0.5) is 0 Å². The van der Waals surface area contributed by atoms with Crippen LogP contribution in [-0.2, 0) is 25.9 Å². The molecular weight excluding hydrogens is 755 g/mol. The average molecular weight is 798 g/mol. The van der Waals surface area contributed by atoms with Crippen molar-refractivity contribution in [1.82, 2.24) is 0 Å². The highest BCUT2D eigenvalue weighted by Crippen LogP contribution is 2.43. The molecule has 10 rings (SSSR count). The molecule has 10 nitrogen and oxygen atoms in total. The standard InChI is InChI=1S/C44H42N2O8.2ClH/c1-47-37-9-7-27-17-35-31-21-41-39(51-25-53-41)19-29(31)11-13-45(35)23-33(27)43(37)49-15-5-3-4-6-16-50-44-34-24-46-14-12-30-20-40-42(54-26-52-40)22-32(30)36(46)18-28(34)8-10-38(44)48-2;;/h7-10,17-24H,3-6,11-16,25-26H2,1-2H3;2*1H/q+2;;/p-2. The minimum Gasteiger partial charge on any atom is -1.00 e. The number of benzene rings is 4. The molecule has 6 aromatic rings. The van der Waals surface area contributed by atoms with Crippen molar-refractivity contribution >= 4 is 21.5 Å². The lowest BCUT2D eigenvalue weighted by molar-refractivity contribution is -0.686. The third-order valence-electron chi connectivity index (χ3n) is 11.1. The van der Waals surface area contributed by atoms with Crippen LogP contribution < -0.4 is 71.8 Å². The van der Waals surface area contributed by atoms with Gasteiger partial charge in [0.2, 0.25) is 25.0 Å². The van der Waals surface area contributed by atoms with Gasteiger partial charge in [-0.3, -0.25) is 0 Å². The van der Waals surface area contributed by atoms with Crippen molar-refractivity contribution in [3.05, 3.63) is 84.2 Å². The summed E-state index contributed by atoms with van der Waals surface area (Å²) < 4.78 is 51.8. The summed E-state index contributed by atoms with van der Waals surface area (Å²) in [5.74, 6) is 6.36. The molecule has 4 aromatic carbocycles. The van der Waals surface area contributed by atoms with Gasteiger partial charge in [0.15, 0.2) is 71.5 Å². The fraction of sp³-hybridized carbons (Fsp3) is 0.318. The summed E-state index contributed by atoms with van der Waals surface area (Å²) in [5, 5.41) is 4.33. The molecule has 0 unspecified atom stereocenters. The first-order valence-corrected chi connectivity index (χ1v) is 18.8. The topological polar surface area (TPSA) is 81.6 Å². The van der Waals surface area contributed by atoms with Gasteiger partial charge in [0.1, 0.15) is 0 Å². The zero-order valence-electron chi connectivity index (χ0n) is 31.3. The summed E-state index contributed by atoms with van der Waals surface area (Å²) >= 11 is 0. The van der Waals surface area contributed by atoms with Crippen molar-refractivity contribution in [2.45, 2.75) is 51.6 Å². The molecule has 0 bridgehead atoms. The van der Waals surface area contributed by atoms with Crippen molar-refractivity contribution in [3.8, 4) is 68.5 Å². The molecule has 290 valence electrons. The van der Waals surface area contributed by atoms with Crippen LogP contribution >= 0.6 is 0 Å². The number of pyridine rings is 2. The second-order valence-electron chi connectivity index (χ2n) is 14.2. The minimum atomic E-state index is 0. The Morgan fingerprint density at radius 3 is 1.39 bits per heavy atom. The molecule has 0 aliphatic carbocycles. The van der Waals surface area contributed by atoms with Gasteiger partial charge in [-0.25, -0.2) is 0 Å². The first-order chi connectivity index (χ1) is 26.6. The summed E-state index contributed by atoms with van der Waals surface area (Å²) in [6.07, 6.45) is 10.2. The van der Waals surface area contributed by atoms with Gasteiger partial charge in [-0.2, -0.15) is 9.13 Å². The van der Waals surface area contributed by atoms with Gasteiger partial charge in [-0.05, 0) is 96.1 Å². The Hall–Kier alpha value is -5.32. The van der Waals surface area contributed by atoms with Crippen molar-refractivity contribution < 1.29 is 71.8 Å². The smallest absolute Gasteiger partial charge is 0.231 e. The number of rotatable bonds is 11. The normalized spacial score (nSPS) is 13.8. The maximum Gasteiger partial charge on any atom is 0.231 e. The average Bonchev–Trinajstić information content (AvgIpc) is 3.87. The summed E-state index contributed by atoms with van der Waals surface area (Å²) in [6, 6.07) is 21.2. The second-order valence-corrected chi connectivity index (χ2v) is 14.2. The zero-order chi connectivity index (χ0) is 36.2. The SMILES string of the molecule is COc1ccc2cc3[n+](cc2c1OCCCCCCOc1c(OC)ccc2cc4[n+](cc12)CCc1cc2c(cc1-4)OCO2)CCc1cc2c(cc1-3)OCO2.[Cl-].[Cl-]. The fourth-order valence-electron chi connectivity index (χ4n) is 8.32.